The van der Waals surface area contributed by atoms with Gasteiger partial charge in [-0.25, -0.2) is 9.67 Å². The maximum atomic E-state index is 13.0. The van der Waals surface area contributed by atoms with Crippen molar-refractivity contribution in [2.24, 2.45) is 5.92 Å². The molecule has 9 heteroatoms. The van der Waals surface area contributed by atoms with E-state index in [2.05, 4.69) is 21.9 Å². The highest BCUT2D eigenvalue weighted by atomic mass is 16.6. The second-order valence-corrected chi connectivity index (χ2v) is 8.71. The fourth-order valence-electron chi connectivity index (χ4n) is 4.48. The number of fused-ring (bicyclic) bond motifs is 1. The quantitative estimate of drug-likeness (QED) is 0.749. The van der Waals surface area contributed by atoms with Gasteiger partial charge in [0.1, 0.15) is 36.7 Å². The maximum Gasteiger partial charge on any atom is 0.289 e. The topological polar surface area (TPSA) is 85.9 Å². The Balaban J connectivity index is 1.16. The first-order valence-electron chi connectivity index (χ1n) is 10.8. The number of rotatable bonds is 4. The van der Waals surface area contributed by atoms with Gasteiger partial charge in [0.05, 0.1) is 32.8 Å². The Morgan fingerprint density at radius 1 is 1.13 bits per heavy atom. The maximum absolute atomic E-state index is 13.0. The summed E-state index contributed by atoms with van der Waals surface area (Å²) in [5.74, 6) is 1.95. The molecule has 5 rings (SSSR count). The number of hydrogen-bond donors (Lipinski definition) is 0. The van der Waals surface area contributed by atoms with Crippen LogP contribution >= 0.6 is 0 Å². The Bertz CT molecular complexity index is 829. The van der Waals surface area contributed by atoms with E-state index in [0.29, 0.717) is 32.1 Å². The van der Waals surface area contributed by atoms with Crippen LogP contribution in [0.5, 0.6) is 0 Å². The van der Waals surface area contributed by atoms with Crippen molar-refractivity contribution >= 4 is 5.91 Å². The Labute approximate surface area is 175 Å². The largest absolute Gasteiger partial charge is 0.455 e. The van der Waals surface area contributed by atoms with Crippen molar-refractivity contribution in [3.63, 3.8) is 0 Å². The number of carbonyl (C=O) groups excluding carboxylic acids is 1. The second kappa shape index (κ2) is 8.49. The molecule has 2 aromatic rings. The van der Waals surface area contributed by atoms with Crippen molar-refractivity contribution in [2.45, 2.75) is 44.6 Å². The summed E-state index contributed by atoms with van der Waals surface area (Å²) in [6.07, 6.45) is 5.37. The molecule has 9 nitrogen and oxygen atoms in total. The molecule has 30 heavy (non-hydrogen) atoms. The minimum absolute atomic E-state index is 0.00709. The number of hydrogen-bond acceptors (Lipinski definition) is 7. The van der Waals surface area contributed by atoms with E-state index in [4.69, 9.17) is 13.9 Å². The molecule has 0 saturated carbocycles. The molecule has 0 aromatic carbocycles. The van der Waals surface area contributed by atoms with E-state index in [1.54, 1.807) is 22.0 Å². The number of ether oxygens (including phenoxy) is 2. The molecule has 3 aliphatic heterocycles. The molecule has 1 amide bonds. The van der Waals surface area contributed by atoms with Crippen molar-refractivity contribution in [3.05, 3.63) is 36.3 Å². The number of likely N-dealkylation sites (tertiary alicyclic amines) is 2. The highest BCUT2D eigenvalue weighted by molar-refractivity contribution is 5.91. The summed E-state index contributed by atoms with van der Waals surface area (Å²) in [7, 11) is 0. The monoisotopic (exact) mass is 415 g/mol. The van der Waals surface area contributed by atoms with Crippen LogP contribution in [0.3, 0.4) is 0 Å². The van der Waals surface area contributed by atoms with Crippen LogP contribution < -0.4 is 0 Å². The minimum atomic E-state index is -0.132. The van der Waals surface area contributed by atoms with Crippen LogP contribution in [0, 0.1) is 5.92 Å². The summed E-state index contributed by atoms with van der Waals surface area (Å²) in [6.45, 7) is 7.24. The smallest absolute Gasteiger partial charge is 0.289 e. The van der Waals surface area contributed by atoms with Crippen LogP contribution in [-0.2, 0) is 16.0 Å². The molecule has 0 unspecified atom stereocenters. The van der Waals surface area contributed by atoms with Gasteiger partial charge in [-0.1, -0.05) is 6.92 Å². The van der Waals surface area contributed by atoms with Gasteiger partial charge in [-0.2, -0.15) is 5.10 Å². The molecule has 0 N–H and O–H groups in total. The lowest BCUT2D eigenvalue weighted by atomic mass is 9.99. The van der Waals surface area contributed by atoms with Crippen LogP contribution in [0.4, 0.5) is 0 Å². The van der Waals surface area contributed by atoms with E-state index in [-0.39, 0.29) is 24.2 Å². The van der Waals surface area contributed by atoms with Gasteiger partial charge in [-0.05, 0) is 44.0 Å². The third-order valence-electron chi connectivity index (χ3n) is 6.45. The molecule has 0 bridgehead atoms. The average molecular weight is 415 g/mol. The minimum Gasteiger partial charge on any atom is -0.455 e. The lowest BCUT2D eigenvalue weighted by Gasteiger charge is -2.29. The number of piperidine rings is 1. The van der Waals surface area contributed by atoms with Crippen molar-refractivity contribution < 1.29 is 18.7 Å². The zero-order chi connectivity index (χ0) is 20.5. The first-order valence-corrected chi connectivity index (χ1v) is 10.8. The molecule has 0 radical (unpaired) electrons. The number of aromatic nitrogens is 3. The molecule has 3 aliphatic rings. The molecule has 0 spiro atoms. The number of amides is 1. The van der Waals surface area contributed by atoms with Crippen molar-refractivity contribution in [1.82, 2.24) is 24.6 Å². The van der Waals surface area contributed by atoms with Crippen LogP contribution in [0.15, 0.2) is 29.2 Å². The predicted octanol–water partition coefficient (Wildman–Crippen LogP) is 1.58. The zero-order valence-corrected chi connectivity index (χ0v) is 17.4. The fraction of sp³-hybridized carbons (Fsp3) is 0.667. The van der Waals surface area contributed by atoms with Crippen molar-refractivity contribution in [1.29, 1.82) is 0 Å². The average Bonchev–Trinajstić information content (AvgIpc) is 3.50. The first kappa shape index (κ1) is 19.7. The highest BCUT2D eigenvalue weighted by Gasteiger charge is 2.40. The summed E-state index contributed by atoms with van der Waals surface area (Å²) in [6, 6.07) is 3.73. The van der Waals surface area contributed by atoms with Crippen LogP contribution in [0.25, 0.3) is 0 Å². The first-order chi connectivity index (χ1) is 14.7. The van der Waals surface area contributed by atoms with Gasteiger partial charge in [0.25, 0.3) is 5.91 Å². The molecule has 3 saturated heterocycles. The molecule has 162 valence electrons. The van der Waals surface area contributed by atoms with Gasteiger partial charge < -0.3 is 18.8 Å². The summed E-state index contributed by atoms with van der Waals surface area (Å²) in [5.41, 5.74) is 0. The van der Waals surface area contributed by atoms with Crippen LogP contribution in [-0.4, -0.2) is 82.1 Å². The molecule has 5 heterocycles. The van der Waals surface area contributed by atoms with Gasteiger partial charge in [-0.15, -0.1) is 0 Å². The Morgan fingerprint density at radius 3 is 2.53 bits per heavy atom. The van der Waals surface area contributed by atoms with E-state index in [1.807, 2.05) is 6.07 Å². The van der Waals surface area contributed by atoms with Gasteiger partial charge in [0, 0.05) is 0 Å². The normalized spacial score (nSPS) is 26.6. The molecule has 3 fully saturated rings. The van der Waals surface area contributed by atoms with Gasteiger partial charge >= 0.3 is 0 Å². The number of nitrogens with zero attached hydrogens (tertiary/aromatic N) is 5. The van der Waals surface area contributed by atoms with E-state index < -0.39 is 0 Å². The Hall–Kier alpha value is -2.23. The van der Waals surface area contributed by atoms with Crippen molar-refractivity contribution in [3.8, 4) is 0 Å². The molecular formula is C21H29N5O4. The molecule has 2 atom stereocenters. The van der Waals surface area contributed by atoms with Gasteiger partial charge in [0.15, 0.2) is 5.76 Å². The lowest BCUT2D eigenvalue weighted by Crippen LogP contribution is -2.32. The van der Waals surface area contributed by atoms with E-state index in [1.165, 1.54) is 19.2 Å². The summed E-state index contributed by atoms with van der Waals surface area (Å²) in [5, 5.41) is 4.17. The summed E-state index contributed by atoms with van der Waals surface area (Å²) < 4.78 is 19.8. The van der Waals surface area contributed by atoms with Gasteiger partial charge in [0.2, 0.25) is 0 Å². The van der Waals surface area contributed by atoms with Gasteiger partial charge in [-0.3, -0.25) is 9.69 Å². The molecule has 2 aromatic heterocycles. The van der Waals surface area contributed by atoms with E-state index in [9.17, 15) is 4.79 Å². The third-order valence-corrected chi connectivity index (χ3v) is 6.45. The second-order valence-electron chi connectivity index (χ2n) is 8.71. The third kappa shape index (κ3) is 4.14. The molecule has 0 aliphatic carbocycles. The Kier molecular flexibility index (Phi) is 5.58. The Morgan fingerprint density at radius 2 is 1.87 bits per heavy atom. The summed E-state index contributed by atoms with van der Waals surface area (Å²) >= 11 is 0. The summed E-state index contributed by atoms with van der Waals surface area (Å²) in [4.78, 5) is 21.1. The highest BCUT2D eigenvalue weighted by Crippen LogP contribution is 2.25. The SMILES string of the molecule is CC1CCN(Cc2ccc(C(=O)N3C[C@@H]4OCC(n5cncn5)CO[C@H]4C3)o2)CC1. The predicted molar refractivity (Wildman–Crippen MR) is 107 cm³/mol. The van der Waals surface area contributed by atoms with Crippen LogP contribution in [0.2, 0.25) is 0 Å². The lowest BCUT2D eigenvalue weighted by molar-refractivity contribution is -0.00461. The number of carbonyl (C=O) groups is 1. The van der Waals surface area contributed by atoms with E-state index in [0.717, 1.165) is 31.3 Å². The van der Waals surface area contributed by atoms with E-state index >= 15 is 0 Å². The fourth-order valence-corrected chi connectivity index (χ4v) is 4.48. The zero-order valence-electron chi connectivity index (χ0n) is 17.4. The van der Waals surface area contributed by atoms with Crippen molar-refractivity contribution in [2.75, 3.05) is 39.4 Å². The standard InChI is InChI=1S/C21H29N5O4/c1-15-4-6-24(7-5-15)8-17-2-3-18(30-17)21(27)25-9-19-20(10-25)29-12-16(11-28-19)26-14-22-13-23-26/h2-3,13-16,19-20H,4-12H2,1H3/t19-,20-/m0/s1. The van der Waals surface area contributed by atoms with Crippen LogP contribution in [0.1, 0.15) is 42.1 Å². The number of furan rings is 1. The molecular weight excluding hydrogens is 386 g/mol.